The second-order valence-corrected chi connectivity index (χ2v) is 8.87. The Balaban J connectivity index is 1.39. The van der Waals surface area contributed by atoms with Crippen LogP contribution in [-0.2, 0) is 38.8 Å². The van der Waals surface area contributed by atoms with E-state index in [1.54, 1.807) is 0 Å². The van der Waals surface area contributed by atoms with Gasteiger partial charge in [0, 0.05) is 0 Å². The number of aliphatic hydroxyl groups is 3. The molecule has 0 unspecified atom stereocenters. The topological polar surface area (TPSA) is 97.6 Å². The maximum Gasteiger partial charge on any atom is 0.115 e. The standard InChI is InChI=1S/C29H34O7/c30-24-25(31)28(36-20-23-14-8-3-9-15-23)29(34-17-16-33-18-21-10-4-1-5-11-21)26(32)27(24)35-19-22-12-6-2-7-13-22/h1-15,24-32H,16-20H2/t24-,25-,26-,27+,28-,29+/m0/s1. The lowest BCUT2D eigenvalue weighted by atomic mass is 9.84. The van der Waals surface area contributed by atoms with E-state index in [-0.39, 0.29) is 26.4 Å². The first-order valence-electron chi connectivity index (χ1n) is 12.2. The average Bonchev–Trinajstić information content (AvgIpc) is 2.92. The van der Waals surface area contributed by atoms with Crippen molar-refractivity contribution >= 4 is 0 Å². The van der Waals surface area contributed by atoms with Crippen molar-refractivity contribution in [3.8, 4) is 0 Å². The maximum absolute atomic E-state index is 11.2. The first kappa shape index (κ1) is 26.4. The fraction of sp³-hybridized carbons (Fsp3) is 0.379. The summed E-state index contributed by atoms with van der Waals surface area (Å²) in [6.45, 7) is 1.28. The molecule has 0 aliphatic heterocycles. The van der Waals surface area contributed by atoms with Crippen LogP contribution in [0.25, 0.3) is 0 Å². The minimum atomic E-state index is -1.35. The van der Waals surface area contributed by atoms with Crippen LogP contribution >= 0.6 is 0 Å². The van der Waals surface area contributed by atoms with Gasteiger partial charge in [-0.15, -0.1) is 0 Å². The van der Waals surface area contributed by atoms with E-state index in [0.29, 0.717) is 6.61 Å². The number of hydrogen-bond donors (Lipinski definition) is 3. The highest BCUT2D eigenvalue weighted by molar-refractivity contribution is 5.15. The van der Waals surface area contributed by atoms with E-state index in [1.807, 2.05) is 91.0 Å². The summed E-state index contributed by atoms with van der Waals surface area (Å²) < 4.78 is 23.5. The Morgan fingerprint density at radius 2 is 0.861 bits per heavy atom. The van der Waals surface area contributed by atoms with Crippen LogP contribution in [-0.4, -0.2) is 65.2 Å². The van der Waals surface area contributed by atoms with Gasteiger partial charge in [-0.1, -0.05) is 91.0 Å². The molecule has 0 radical (unpaired) electrons. The fourth-order valence-corrected chi connectivity index (χ4v) is 4.29. The third-order valence-corrected chi connectivity index (χ3v) is 6.24. The van der Waals surface area contributed by atoms with Gasteiger partial charge in [0.15, 0.2) is 0 Å². The lowest BCUT2D eigenvalue weighted by Crippen LogP contribution is -2.65. The third kappa shape index (κ3) is 7.21. The summed E-state index contributed by atoms with van der Waals surface area (Å²) >= 11 is 0. The number of hydrogen-bond acceptors (Lipinski definition) is 7. The van der Waals surface area contributed by atoms with Crippen molar-refractivity contribution in [2.24, 2.45) is 0 Å². The molecule has 3 N–H and O–H groups in total. The molecule has 3 aromatic rings. The van der Waals surface area contributed by atoms with Crippen molar-refractivity contribution < 1.29 is 34.3 Å². The summed E-state index contributed by atoms with van der Waals surface area (Å²) in [5.74, 6) is 0. The van der Waals surface area contributed by atoms with Crippen LogP contribution in [0, 0.1) is 0 Å². The number of ether oxygens (including phenoxy) is 4. The summed E-state index contributed by atoms with van der Waals surface area (Å²) in [6.07, 6.45) is -6.81. The Labute approximate surface area is 211 Å². The molecular weight excluding hydrogens is 460 g/mol. The highest BCUT2D eigenvalue weighted by Gasteiger charge is 2.51. The van der Waals surface area contributed by atoms with Crippen molar-refractivity contribution in [3.05, 3.63) is 108 Å². The third-order valence-electron chi connectivity index (χ3n) is 6.24. The Morgan fingerprint density at radius 1 is 0.444 bits per heavy atom. The minimum Gasteiger partial charge on any atom is -0.387 e. The second-order valence-electron chi connectivity index (χ2n) is 8.87. The molecule has 0 aromatic heterocycles. The zero-order valence-electron chi connectivity index (χ0n) is 20.1. The predicted octanol–water partition coefficient (Wildman–Crippen LogP) is 2.86. The lowest BCUT2D eigenvalue weighted by Gasteiger charge is -2.45. The van der Waals surface area contributed by atoms with Crippen molar-refractivity contribution in [2.45, 2.75) is 56.4 Å². The molecule has 7 heteroatoms. The molecule has 0 amide bonds. The Bertz CT molecular complexity index is 1000. The largest absolute Gasteiger partial charge is 0.387 e. The van der Waals surface area contributed by atoms with Crippen LogP contribution in [0.2, 0.25) is 0 Å². The van der Waals surface area contributed by atoms with Gasteiger partial charge in [-0.3, -0.25) is 0 Å². The number of aliphatic hydroxyl groups excluding tert-OH is 3. The molecule has 1 aliphatic carbocycles. The van der Waals surface area contributed by atoms with Gasteiger partial charge in [-0.05, 0) is 16.7 Å². The molecule has 1 fully saturated rings. The number of benzene rings is 3. The molecule has 0 saturated heterocycles. The molecule has 4 rings (SSSR count). The zero-order valence-corrected chi connectivity index (χ0v) is 20.1. The van der Waals surface area contributed by atoms with E-state index in [4.69, 9.17) is 18.9 Å². The molecule has 7 nitrogen and oxygen atoms in total. The van der Waals surface area contributed by atoms with Gasteiger partial charge in [-0.2, -0.15) is 0 Å². The quantitative estimate of drug-likeness (QED) is 0.333. The monoisotopic (exact) mass is 494 g/mol. The van der Waals surface area contributed by atoms with Crippen LogP contribution in [0.4, 0.5) is 0 Å². The Morgan fingerprint density at radius 3 is 1.39 bits per heavy atom. The normalized spacial score (nSPS) is 26.1. The predicted molar refractivity (Wildman–Crippen MR) is 134 cm³/mol. The van der Waals surface area contributed by atoms with Gasteiger partial charge < -0.3 is 34.3 Å². The molecular formula is C29H34O7. The van der Waals surface area contributed by atoms with E-state index < -0.39 is 36.6 Å². The molecule has 0 spiro atoms. The first-order valence-corrected chi connectivity index (χ1v) is 12.2. The summed E-state index contributed by atoms with van der Waals surface area (Å²) in [5.41, 5.74) is 2.84. The summed E-state index contributed by atoms with van der Waals surface area (Å²) in [4.78, 5) is 0. The summed E-state index contributed by atoms with van der Waals surface area (Å²) in [6, 6.07) is 28.8. The average molecular weight is 495 g/mol. The zero-order chi connectivity index (χ0) is 25.2. The first-order chi connectivity index (χ1) is 17.6. The summed E-state index contributed by atoms with van der Waals surface area (Å²) in [5, 5.41) is 32.9. The van der Waals surface area contributed by atoms with Gasteiger partial charge in [0.1, 0.15) is 36.6 Å². The number of rotatable bonds is 12. The molecule has 0 heterocycles. The van der Waals surface area contributed by atoms with Gasteiger partial charge in [0.2, 0.25) is 0 Å². The van der Waals surface area contributed by atoms with Gasteiger partial charge >= 0.3 is 0 Å². The molecule has 192 valence electrons. The van der Waals surface area contributed by atoms with Crippen LogP contribution in [0.15, 0.2) is 91.0 Å². The molecule has 0 bridgehead atoms. The van der Waals surface area contributed by atoms with Crippen molar-refractivity contribution in [2.75, 3.05) is 13.2 Å². The summed E-state index contributed by atoms with van der Waals surface area (Å²) in [7, 11) is 0. The van der Waals surface area contributed by atoms with E-state index >= 15 is 0 Å². The van der Waals surface area contributed by atoms with Crippen LogP contribution < -0.4 is 0 Å². The molecule has 36 heavy (non-hydrogen) atoms. The van der Waals surface area contributed by atoms with Crippen LogP contribution in [0.1, 0.15) is 16.7 Å². The SMILES string of the molecule is O[C@H]1[C@H](O)[C@H](OCc2ccccc2)[C@H](OCCOCc2ccccc2)[C@@H](O)[C@@H]1OCc1ccccc1. The Kier molecular flexibility index (Phi) is 10.0. The highest BCUT2D eigenvalue weighted by atomic mass is 16.6. The van der Waals surface area contributed by atoms with Crippen molar-refractivity contribution in [1.29, 1.82) is 0 Å². The fourth-order valence-electron chi connectivity index (χ4n) is 4.29. The van der Waals surface area contributed by atoms with Gasteiger partial charge in [-0.25, -0.2) is 0 Å². The maximum atomic E-state index is 11.2. The van der Waals surface area contributed by atoms with E-state index in [9.17, 15) is 15.3 Å². The van der Waals surface area contributed by atoms with E-state index in [2.05, 4.69) is 0 Å². The highest BCUT2D eigenvalue weighted by Crippen LogP contribution is 2.29. The van der Waals surface area contributed by atoms with Crippen LogP contribution in [0.3, 0.4) is 0 Å². The van der Waals surface area contributed by atoms with Gasteiger partial charge in [0.25, 0.3) is 0 Å². The van der Waals surface area contributed by atoms with E-state index in [1.165, 1.54) is 0 Å². The molecule has 3 aromatic carbocycles. The molecule has 1 saturated carbocycles. The lowest BCUT2D eigenvalue weighted by molar-refractivity contribution is -0.261. The Hall–Kier alpha value is -2.62. The van der Waals surface area contributed by atoms with Crippen molar-refractivity contribution in [1.82, 2.24) is 0 Å². The minimum absolute atomic E-state index is 0.175. The smallest absolute Gasteiger partial charge is 0.115 e. The van der Waals surface area contributed by atoms with Crippen molar-refractivity contribution in [3.63, 3.8) is 0 Å². The van der Waals surface area contributed by atoms with E-state index in [0.717, 1.165) is 16.7 Å². The molecule has 1 aliphatic rings. The van der Waals surface area contributed by atoms with Gasteiger partial charge in [0.05, 0.1) is 33.0 Å². The molecule has 6 atom stereocenters. The van der Waals surface area contributed by atoms with Crippen LogP contribution in [0.5, 0.6) is 0 Å². The second kappa shape index (κ2) is 13.6.